The lowest BCUT2D eigenvalue weighted by atomic mass is 10.1. The molecule has 74 valence electrons. The molecule has 0 N–H and O–H groups in total. The number of aryl methyl sites for hydroxylation is 1. The van der Waals surface area contributed by atoms with E-state index in [1.165, 1.54) is 0 Å². The Balaban J connectivity index is 2.97. The number of rotatable bonds is 3. The summed E-state index contributed by atoms with van der Waals surface area (Å²) in [5.41, 5.74) is 0.608. The van der Waals surface area contributed by atoms with Gasteiger partial charge in [0.15, 0.2) is 5.69 Å². The van der Waals surface area contributed by atoms with Gasteiger partial charge >= 0.3 is 5.97 Å². The molecule has 0 fully saturated rings. The Morgan fingerprint density at radius 3 is 3.00 bits per heavy atom. The molecule has 1 aromatic rings. The standard InChI is InChI=1S/C9H10N2O3/c1-3-13-9(12)8-7(4-5-10)6(2)14-11-8/h3-4H2,1-2H3. The predicted molar refractivity (Wildman–Crippen MR) is 46.5 cm³/mol. The molecule has 1 aromatic heterocycles. The van der Waals surface area contributed by atoms with Gasteiger partial charge in [-0.1, -0.05) is 5.16 Å². The van der Waals surface area contributed by atoms with Crippen LogP contribution in [0.2, 0.25) is 0 Å². The molecule has 0 amide bonds. The van der Waals surface area contributed by atoms with Crippen molar-refractivity contribution in [2.75, 3.05) is 6.61 Å². The van der Waals surface area contributed by atoms with Gasteiger partial charge in [0.25, 0.3) is 0 Å². The van der Waals surface area contributed by atoms with Crippen LogP contribution in [0.25, 0.3) is 0 Å². The van der Waals surface area contributed by atoms with Crippen LogP contribution in [0.5, 0.6) is 0 Å². The minimum absolute atomic E-state index is 0.101. The Bertz CT molecular complexity index is 376. The maximum atomic E-state index is 11.3. The van der Waals surface area contributed by atoms with Crippen molar-refractivity contribution in [2.45, 2.75) is 20.3 Å². The quantitative estimate of drug-likeness (QED) is 0.676. The summed E-state index contributed by atoms with van der Waals surface area (Å²) in [5.74, 6) is -0.0656. The van der Waals surface area contributed by atoms with Gasteiger partial charge in [-0.3, -0.25) is 0 Å². The summed E-state index contributed by atoms with van der Waals surface area (Å²) in [4.78, 5) is 11.3. The molecule has 0 atom stereocenters. The fraction of sp³-hybridized carbons (Fsp3) is 0.444. The number of hydrogen-bond acceptors (Lipinski definition) is 5. The van der Waals surface area contributed by atoms with Crippen molar-refractivity contribution in [2.24, 2.45) is 0 Å². The molecule has 0 unspecified atom stereocenters. The van der Waals surface area contributed by atoms with Crippen LogP contribution in [0.1, 0.15) is 28.7 Å². The van der Waals surface area contributed by atoms with Gasteiger partial charge in [0.2, 0.25) is 0 Å². The van der Waals surface area contributed by atoms with Crippen LogP contribution >= 0.6 is 0 Å². The first-order valence-corrected chi connectivity index (χ1v) is 4.20. The Morgan fingerprint density at radius 1 is 1.71 bits per heavy atom. The Kier molecular flexibility index (Phi) is 3.24. The molecule has 0 aliphatic rings. The number of nitriles is 1. The van der Waals surface area contributed by atoms with E-state index in [4.69, 9.17) is 14.5 Å². The Labute approximate surface area is 81.3 Å². The van der Waals surface area contributed by atoms with Gasteiger partial charge in [0.05, 0.1) is 19.1 Å². The third-order valence-electron chi connectivity index (χ3n) is 1.71. The van der Waals surface area contributed by atoms with Crippen molar-refractivity contribution in [3.05, 3.63) is 17.0 Å². The zero-order valence-electron chi connectivity index (χ0n) is 8.03. The van der Waals surface area contributed by atoms with E-state index in [-0.39, 0.29) is 18.7 Å². The van der Waals surface area contributed by atoms with Crippen molar-refractivity contribution < 1.29 is 14.1 Å². The van der Waals surface area contributed by atoms with E-state index in [0.717, 1.165) is 0 Å². The fourth-order valence-corrected chi connectivity index (χ4v) is 1.04. The highest BCUT2D eigenvalue weighted by Crippen LogP contribution is 2.14. The van der Waals surface area contributed by atoms with Gasteiger partial charge in [-0.05, 0) is 13.8 Å². The molecule has 0 aromatic carbocycles. The van der Waals surface area contributed by atoms with E-state index in [9.17, 15) is 4.79 Å². The van der Waals surface area contributed by atoms with Crippen molar-refractivity contribution in [3.8, 4) is 6.07 Å². The second-order valence-corrected chi connectivity index (χ2v) is 2.62. The highest BCUT2D eigenvalue weighted by Gasteiger charge is 2.20. The number of esters is 1. The van der Waals surface area contributed by atoms with Crippen molar-refractivity contribution in [1.82, 2.24) is 5.16 Å². The van der Waals surface area contributed by atoms with Gasteiger partial charge in [0, 0.05) is 5.56 Å². The van der Waals surface area contributed by atoms with E-state index in [2.05, 4.69) is 5.16 Å². The maximum Gasteiger partial charge on any atom is 0.360 e. The molecule has 1 rings (SSSR count). The average Bonchev–Trinajstić information content (AvgIpc) is 2.50. The molecule has 0 bridgehead atoms. The topological polar surface area (TPSA) is 76.1 Å². The monoisotopic (exact) mass is 194 g/mol. The predicted octanol–water partition coefficient (Wildman–Crippen LogP) is 1.23. The van der Waals surface area contributed by atoms with Crippen LogP contribution in [-0.4, -0.2) is 17.7 Å². The minimum Gasteiger partial charge on any atom is -0.461 e. The number of aromatic nitrogens is 1. The zero-order chi connectivity index (χ0) is 10.6. The number of carbonyl (C=O) groups excluding carboxylic acids is 1. The summed E-state index contributed by atoms with van der Waals surface area (Å²) in [6.45, 7) is 3.63. The van der Waals surface area contributed by atoms with E-state index < -0.39 is 5.97 Å². The third kappa shape index (κ3) is 1.91. The largest absolute Gasteiger partial charge is 0.461 e. The molecule has 14 heavy (non-hydrogen) atoms. The van der Waals surface area contributed by atoms with Crippen LogP contribution in [0.3, 0.4) is 0 Å². The van der Waals surface area contributed by atoms with Crippen LogP contribution in [0, 0.1) is 18.3 Å². The number of carbonyl (C=O) groups is 1. The minimum atomic E-state index is -0.547. The number of ether oxygens (including phenoxy) is 1. The normalized spacial score (nSPS) is 9.50. The summed E-state index contributed by atoms with van der Waals surface area (Å²) in [7, 11) is 0. The molecular formula is C9H10N2O3. The van der Waals surface area contributed by atoms with E-state index >= 15 is 0 Å². The molecule has 0 aliphatic heterocycles. The van der Waals surface area contributed by atoms with Crippen LogP contribution in [0.4, 0.5) is 0 Å². The van der Waals surface area contributed by atoms with Crippen molar-refractivity contribution >= 4 is 5.97 Å². The van der Waals surface area contributed by atoms with Crippen LogP contribution in [0.15, 0.2) is 4.52 Å². The SMILES string of the molecule is CCOC(=O)c1noc(C)c1CC#N. The molecule has 0 saturated carbocycles. The smallest absolute Gasteiger partial charge is 0.360 e. The average molecular weight is 194 g/mol. The fourth-order valence-electron chi connectivity index (χ4n) is 1.04. The van der Waals surface area contributed by atoms with Crippen LogP contribution < -0.4 is 0 Å². The lowest BCUT2D eigenvalue weighted by Crippen LogP contribution is -2.07. The summed E-state index contributed by atoms with van der Waals surface area (Å²) >= 11 is 0. The molecule has 1 heterocycles. The molecule has 0 radical (unpaired) electrons. The zero-order valence-corrected chi connectivity index (χ0v) is 8.03. The van der Waals surface area contributed by atoms with Gasteiger partial charge in [0.1, 0.15) is 5.76 Å². The molecule has 0 aliphatic carbocycles. The molecule has 0 spiro atoms. The van der Waals surface area contributed by atoms with Gasteiger partial charge in [-0.25, -0.2) is 4.79 Å². The van der Waals surface area contributed by atoms with Gasteiger partial charge < -0.3 is 9.26 Å². The van der Waals surface area contributed by atoms with Crippen molar-refractivity contribution in [1.29, 1.82) is 5.26 Å². The first-order chi connectivity index (χ1) is 6.70. The lowest BCUT2D eigenvalue weighted by Gasteiger charge is -1.98. The molecule has 5 nitrogen and oxygen atoms in total. The second kappa shape index (κ2) is 4.42. The Hall–Kier alpha value is -1.83. The van der Waals surface area contributed by atoms with E-state index in [1.807, 2.05) is 6.07 Å². The first kappa shape index (κ1) is 10.3. The number of hydrogen-bond donors (Lipinski definition) is 0. The lowest BCUT2D eigenvalue weighted by molar-refractivity contribution is 0.0513. The highest BCUT2D eigenvalue weighted by atomic mass is 16.5. The van der Waals surface area contributed by atoms with Gasteiger partial charge in [-0.2, -0.15) is 5.26 Å². The molecule has 0 saturated heterocycles. The summed E-state index contributed by atoms with van der Waals surface area (Å²) < 4.78 is 9.57. The summed E-state index contributed by atoms with van der Waals surface area (Å²) in [6.07, 6.45) is 0.101. The van der Waals surface area contributed by atoms with Gasteiger partial charge in [-0.15, -0.1) is 0 Å². The second-order valence-electron chi connectivity index (χ2n) is 2.62. The van der Waals surface area contributed by atoms with Crippen LogP contribution in [-0.2, 0) is 11.2 Å². The van der Waals surface area contributed by atoms with E-state index in [1.54, 1.807) is 13.8 Å². The summed E-state index contributed by atoms with van der Waals surface area (Å²) in [5, 5.41) is 12.1. The summed E-state index contributed by atoms with van der Waals surface area (Å²) in [6, 6.07) is 1.94. The number of nitrogens with zero attached hydrogens (tertiary/aromatic N) is 2. The first-order valence-electron chi connectivity index (χ1n) is 4.20. The third-order valence-corrected chi connectivity index (χ3v) is 1.71. The molecular weight excluding hydrogens is 184 g/mol. The highest BCUT2D eigenvalue weighted by molar-refractivity contribution is 5.89. The maximum absolute atomic E-state index is 11.3. The van der Waals surface area contributed by atoms with Crippen molar-refractivity contribution in [3.63, 3.8) is 0 Å². The molecule has 5 heteroatoms. The van der Waals surface area contributed by atoms with E-state index in [0.29, 0.717) is 11.3 Å². The Morgan fingerprint density at radius 2 is 2.43 bits per heavy atom.